The van der Waals surface area contributed by atoms with Crippen molar-refractivity contribution in [2.24, 2.45) is 5.92 Å². The van der Waals surface area contributed by atoms with Crippen LogP contribution in [0.3, 0.4) is 0 Å². The summed E-state index contributed by atoms with van der Waals surface area (Å²) in [5.41, 5.74) is 2.71. The molecule has 2 atom stereocenters. The Labute approximate surface area is 175 Å². The predicted molar refractivity (Wildman–Crippen MR) is 118 cm³/mol. The van der Waals surface area contributed by atoms with Crippen molar-refractivity contribution in [1.82, 2.24) is 4.90 Å². The van der Waals surface area contributed by atoms with Crippen LogP contribution >= 0.6 is 0 Å². The van der Waals surface area contributed by atoms with Gasteiger partial charge in [-0.1, -0.05) is 79.4 Å². The van der Waals surface area contributed by atoms with Crippen molar-refractivity contribution in [2.75, 3.05) is 32.8 Å². The Balaban J connectivity index is 1.76. The maximum atomic E-state index is 12.6. The Morgan fingerprint density at radius 2 is 1.62 bits per heavy atom. The van der Waals surface area contributed by atoms with E-state index in [2.05, 4.69) is 66.4 Å². The summed E-state index contributed by atoms with van der Waals surface area (Å²) in [5, 5.41) is 12.6. The van der Waals surface area contributed by atoms with E-state index in [-0.39, 0.29) is 5.92 Å². The third-order valence-corrected chi connectivity index (χ3v) is 7.02. The molecule has 156 valence electrons. The maximum absolute atomic E-state index is 12.6. The van der Waals surface area contributed by atoms with Crippen LogP contribution in [0.2, 0.25) is 0 Å². The summed E-state index contributed by atoms with van der Waals surface area (Å²) >= 11 is 0. The van der Waals surface area contributed by atoms with E-state index in [1.54, 1.807) is 0 Å². The quantitative estimate of drug-likeness (QED) is 0.759. The smallest absolute Gasteiger partial charge is 0.100 e. The third-order valence-electron chi connectivity index (χ3n) is 7.02. The third kappa shape index (κ3) is 4.58. The van der Waals surface area contributed by atoms with Crippen LogP contribution in [0.4, 0.5) is 0 Å². The van der Waals surface area contributed by atoms with Gasteiger partial charge in [-0.2, -0.15) is 0 Å². The second-order valence-electron chi connectivity index (χ2n) is 8.90. The summed E-state index contributed by atoms with van der Waals surface area (Å²) in [6, 6.07) is 19.3. The van der Waals surface area contributed by atoms with Gasteiger partial charge in [-0.25, -0.2) is 0 Å². The summed E-state index contributed by atoms with van der Waals surface area (Å²) in [5.74, 6) is 0.345. The number of aliphatic hydroxyl groups is 1. The Hall–Kier alpha value is -1.68. The molecular formula is C26H35NO2. The zero-order valence-corrected chi connectivity index (χ0v) is 17.7. The molecule has 1 saturated heterocycles. The molecule has 2 aromatic rings. The SMILES string of the molecule is Cc1ccc([C@](O)(C2CCCCC2)[C@@H](CN2CCOCC2)c2ccccc2)cc1. The monoisotopic (exact) mass is 393 g/mol. The summed E-state index contributed by atoms with van der Waals surface area (Å²) < 4.78 is 5.58. The highest BCUT2D eigenvalue weighted by Crippen LogP contribution is 2.48. The lowest BCUT2D eigenvalue weighted by Crippen LogP contribution is -2.48. The molecule has 1 N–H and O–H groups in total. The van der Waals surface area contributed by atoms with Gasteiger partial charge in [0.25, 0.3) is 0 Å². The number of morpholine rings is 1. The first kappa shape index (κ1) is 20.6. The second kappa shape index (κ2) is 9.42. The number of aryl methyl sites for hydroxylation is 1. The highest BCUT2D eigenvalue weighted by Gasteiger charge is 2.46. The van der Waals surface area contributed by atoms with Gasteiger partial charge >= 0.3 is 0 Å². The lowest BCUT2D eigenvalue weighted by atomic mass is 9.65. The fraction of sp³-hybridized carbons (Fsp3) is 0.538. The van der Waals surface area contributed by atoms with Gasteiger partial charge in [0.1, 0.15) is 5.60 Å². The molecule has 2 aliphatic rings. The second-order valence-corrected chi connectivity index (χ2v) is 8.90. The maximum Gasteiger partial charge on any atom is 0.100 e. The lowest BCUT2D eigenvalue weighted by Gasteiger charge is -2.46. The molecule has 2 aromatic carbocycles. The molecule has 0 bridgehead atoms. The number of ether oxygens (including phenoxy) is 1. The van der Waals surface area contributed by atoms with Crippen molar-refractivity contribution in [3.05, 3.63) is 71.3 Å². The molecule has 29 heavy (non-hydrogen) atoms. The van der Waals surface area contributed by atoms with Gasteiger partial charge in [0.2, 0.25) is 0 Å². The molecule has 2 fully saturated rings. The molecule has 0 radical (unpaired) electrons. The van der Waals surface area contributed by atoms with Crippen LogP contribution < -0.4 is 0 Å². The summed E-state index contributed by atoms with van der Waals surface area (Å²) in [6.07, 6.45) is 5.95. The van der Waals surface area contributed by atoms with Crippen molar-refractivity contribution in [3.8, 4) is 0 Å². The van der Waals surface area contributed by atoms with E-state index in [0.717, 1.165) is 51.3 Å². The molecule has 0 unspecified atom stereocenters. The van der Waals surface area contributed by atoms with Gasteiger partial charge in [-0.15, -0.1) is 0 Å². The standard InChI is InChI=1S/C26H35NO2/c1-21-12-14-24(15-13-21)26(28,23-10-6-3-7-11-23)25(22-8-4-2-5-9-22)20-27-16-18-29-19-17-27/h2,4-5,8-9,12-15,23,25,28H,3,6-7,10-11,16-20H2,1H3/t25-,26+/m0/s1. The Bertz CT molecular complexity index is 748. The van der Waals surface area contributed by atoms with Gasteiger partial charge in [-0.3, -0.25) is 4.90 Å². The summed E-state index contributed by atoms with van der Waals surface area (Å²) in [6.45, 7) is 6.44. The largest absolute Gasteiger partial charge is 0.384 e. The lowest BCUT2D eigenvalue weighted by molar-refractivity contribution is -0.0758. The minimum Gasteiger partial charge on any atom is -0.384 e. The Kier molecular flexibility index (Phi) is 6.69. The fourth-order valence-electron chi connectivity index (χ4n) is 5.31. The van der Waals surface area contributed by atoms with Crippen LogP contribution in [0.5, 0.6) is 0 Å². The molecule has 1 aliphatic carbocycles. The first-order valence-electron chi connectivity index (χ1n) is 11.3. The minimum absolute atomic E-state index is 0.0487. The van der Waals surface area contributed by atoms with Crippen LogP contribution in [0.15, 0.2) is 54.6 Å². The molecule has 3 heteroatoms. The highest BCUT2D eigenvalue weighted by molar-refractivity contribution is 5.34. The van der Waals surface area contributed by atoms with E-state index in [1.165, 1.54) is 30.4 Å². The van der Waals surface area contributed by atoms with Gasteiger partial charge < -0.3 is 9.84 Å². The average molecular weight is 394 g/mol. The predicted octanol–water partition coefficient (Wildman–Crippen LogP) is 4.88. The molecule has 1 heterocycles. The van der Waals surface area contributed by atoms with Crippen LogP contribution in [0, 0.1) is 12.8 Å². The van der Waals surface area contributed by atoms with Crippen molar-refractivity contribution >= 4 is 0 Å². The zero-order chi connectivity index (χ0) is 20.1. The number of rotatable bonds is 6. The molecule has 0 aromatic heterocycles. The number of benzene rings is 2. The number of nitrogens with zero attached hydrogens (tertiary/aromatic N) is 1. The van der Waals surface area contributed by atoms with Crippen LogP contribution in [-0.4, -0.2) is 42.9 Å². The van der Waals surface area contributed by atoms with Gasteiger partial charge in [0, 0.05) is 25.6 Å². The van der Waals surface area contributed by atoms with Gasteiger partial charge in [0.15, 0.2) is 0 Å². The average Bonchev–Trinajstić information content (AvgIpc) is 2.79. The zero-order valence-electron chi connectivity index (χ0n) is 17.7. The molecule has 1 saturated carbocycles. The Morgan fingerprint density at radius 3 is 2.28 bits per heavy atom. The summed E-state index contributed by atoms with van der Waals surface area (Å²) in [4.78, 5) is 2.48. The molecule has 1 aliphatic heterocycles. The van der Waals surface area contributed by atoms with E-state index >= 15 is 0 Å². The fourth-order valence-corrected chi connectivity index (χ4v) is 5.31. The van der Waals surface area contributed by atoms with Gasteiger partial charge in [0.05, 0.1) is 13.2 Å². The van der Waals surface area contributed by atoms with Crippen molar-refractivity contribution in [2.45, 2.75) is 50.5 Å². The Morgan fingerprint density at radius 1 is 0.966 bits per heavy atom. The van der Waals surface area contributed by atoms with E-state index < -0.39 is 5.60 Å². The molecule has 0 amide bonds. The van der Waals surface area contributed by atoms with Crippen molar-refractivity contribution < 1.29 is 9.84 Å². The number of hydrogen-bond acceptors (Lipinski definition) is 3. The molecule has 0 spiro atoms. The summed E-state index contributed by atoms with van der Waals surface area (Å²) in [7, 11) is 0. The van der Waals surface area contributed by atoms with E-state index in [0.29, 0.717) is 5.92 Å². The number of hydrogen-bond donors (Lipinski definition) is 1. The van der Waals surface area contributed by atoms with Crippen molar-refractivity contribution in [3.63, 3.8) is 0 Å². The minimum atomic E-state index is -0.853. The molecule has 4 rings (SSSR count). The molecular weight excluding hydrogens is 358 g/mol. The van der Waals surface area contributed by atoms with Crippen LogP contribution in [-0.2, 0) is 10.3 Å². The van der Waals surface area contributed by atoms with Crippen molar-refractivity contribution in [1.29, 1.82) is 0 Å². The van der Waals surface area contributed by atoms with Gasteiger partial charge in [-0.05, 0) is 36.8 Å². The van der Waals surface area contributed by atoms with E-state index in [4.69, 9.17) is 4.74 Å². The van der Waals surface area contributed by atoms with Crippen LogP contribution in [0.1, 0.15) is 54.7 Å². The van der Waals surface area contributed by atoms with Crippen LogP contribution in [0.25, 0.3) is 0 Å². The first-order chi connectivity index (χ1) is 14.2. The molecule has 3 nitrogen and oxygen atoms in total. The first-order valence-corrected chi connectivity index (χ1v) is 11.3. The van der Waals surface area contributed by atoms with E-state index in [9.17, 15) is 5.11 Å². The van der Waals surface area contributed by atoms with E-state index in [1.807, 2.05) is 0 Å². The normalized spacial score (nSPS) is 22.1. The topological polar surface area (TPSA) is 32.7 Å². The highest BCUT2D eigenvalue weighted by atomic mass is 16.5.